The van der Waals surface area contributed by atoms with Crippen molar-refractivity contribution >= 4 is 12.0 Å². The van der Waals surface area contributed by atoms with Gasteiger partial charge in [0.15, 0.2) is 0 Å². The zero-order valence-corrected chi connectivity index (χ0v) is 7.60. The second-order valence-electron chi connectivity index (χ2n) is 2.40. The van der Waals surface area contributed by atoms with Crippen LogP contribution in [0.5, 0.6) is 0 Å². The van der Waals surface area contributed by atoms with Crippen LogP contribution >= 0.6 is 0 Å². The Kier molecular flexibility index (Phi) is 3.39. The van der Waals surface area contributed by atoms with E-state index < -0.39 is 5.97 Å². The lowest BCUT2D eigenvalue weighted by Crippen LogP contribution is -1.94. The molecule has 0 atom stereocenters. The number of esters is 1. The van der Waals surface area contributed by atoms with Crippen molar-refractivity contribution in [2.75, 3.05) is 7.11 Å². The molecule has 0 radical (unpaired) electrons. The fourth-order valence-electron chi connectivity index (χ4n) is 0.860. The first kappa shape index (κ1) is 9.93. The summed E-state index contributed by atoms with van der Waals surface area (Å²) in [7, 11) is 1.29. The van der Waals surface area contributed by atoms with Crippen LogP contribution in [0.2, 0.25) is 0 Å². The number of carbonyl (C=O) groups excluding carboxylic acids is 1. The minimum Gasteiger partial charge on any atom is -0.466 e. The van der Waals surface area contributed by atoms with Gasteiger partial charge in [-0.1, -0.05) is 0 Å². The van der Waals surface area contributed by atoms with Gasteiger partial charge in [0.1, 0.15) is 6.07 Å². The smallest absolute Gasteiger partial charge is 0.330 e. The maximum Gasteiger partial charge on any atom is 0.330 e. The van der Waals surface area contributed by atoms with Crippen LogP contribution in [0.4, 0.5) is 0 Å². The van der Waals surface area contributed by atoms with Gasteiger partial charge in [0.25, 0.3) is 0 Å². The second-order valence-corrected chi connectivity index (χ2v) is 2.40. The first-order valence-corrected chi connectivity index (χ1v) is 3.89. The van der Waals surface area contributed by atoms with E-state index in [9.17, 15) is 4.79 Å². The van der Waals surface area contributed by atoms with Gasteiger partial charge in [-0.05, 0) is 18.2 Å². The van der Waals surface area contributed by atoms with Crippen molar-refractivity contribution in [3.05, 3.63) is 35.7 Å². The van der Waals surface area contributed by atoms with Crippen LogP contribution in [-0.2, 0) is 9.53 Å². The Hall–Kier alpha value is -2.15. The third kappa shape index (κ3) is 2.42. The molecule has 1 heterocycles. The number of hydrogen-bond acceptors (Lipinski definition) is 4. The fraction of sp³-hybridized carbons (Fsp3) is 0.100. The molecule has 0 aliphatic carbocycles. The molecule has 0 bridgehead atoms. The van der Waals surface area contributed by atoms with Crippen molar-refractivity contribution in [1.82, 2.24) is 4.98 Å². The lowest BCUT2D eigenvalue weighted by Gasteiger charge is -1.94. The summed E-state index contributed by atoms with van der Waals surface area (Å²) in [6, 6.07) is 5.26. The average molecular weight is 188 g/mol. The third-order valence-corrected chi connectivity index (χ3v) is 1.54. The summed E-state index contributed by atoms with van der Waals surface area (Å²) in [5.74, 6) is -0.473. The molecule has 0 saturated carbocycles. The van der Waals surface area contributed by atoms with Crippen LogP contribution in [0.3, 0.4) is 0 Å². The standard InChI is InChI=1S/C10H8N2O2/c1-14-10(13)5-4-9-8(7-11)3-2-6-12-9/h2-6H,1H3/b5-4+. The summed E-state index contributed by atoms with van der Waals surface area (Å²) in [6.07, 6.45) is 4.23. The number of ether oxygens (including phenoxy) is 1. The summed E-state index contributed by atoms with van der Waals surface area (Å²) in [6.45, 7) is 0. The number of nitrogens with zero attached hydrogens (tertiary/aromatic N) is 2. The molecule has 4 nitrogen and oxygen atoms in total. The molecule has 0 aromatic carbocycles. The summed E-state index contributed by atoms with van der Waals surface area (Å²) in [5.41, 5.74) is 0.882. The fourth-order valence-corrected chi connectivity index (χ4v) is 0.860. The summed E-state index contributed by atoms with van der Waals surface area (Å²) >= 11 is 0. The molecule has 0 N–H and O–H groups in total. The molecule has 4 heteroatoms. The highest BCUT2D eigenvalue weighted by molar-refractivity contribution is 5.86. The number of hydrogen-bond donors (Lipinski definition) is 0. The maximum absolute atomic E-state index is 10.8. The molecule has 1 aromatic rings. The van der Waals surface area contributed by atoms with Crippen molar-refractivity contribution in [1.29, 1.82) is 5.26 Å². The largest absolute Gasteiger partial charge is 0.466 e. The highest BCUT2D eigenvalue weighted by Crippen LogP contribution is 2.05. The monoisotopic (exact) mass is 188 g/mol. The van der Waals surface area contributed by atoms with Gasteiger partial charge < -0.3 is 4.74 Å². The van der Waals surface area contributed by atoms with Crippen molar-refractivity contribution in [2.24, 2.45) is 0 Å². The number of pyridine rings is 1. The average Bonchev–Trinajstić information content (AvgIpc) is 2.26. The van der Waals surface area contributed by atoms with Crippen molar-refractivity contribution in [3.63, 3.8) is 0 Å². The van der Waals surface area contributed by atoms with E-state index in [0.717, 1.165) is 0 Å². The minimum atomic E-state index is -0.473. The Morgan fingerprint density at radius 2 is 2.50 bits per heavy atom. The Labute approximate surface area is 81.5 Å². The Morgan fingerprint density at radius 1 is 1.71 bits per heavy atom. The van der Waals surface area contributed by atoms with Gasteiger partial charge in [-0.25, -0.2) is 4.79 Å². The highest BCUT2D eigenvalue weighted by Gasteiger charge is 1.98. The Bertz CT molecular complexity index is 405. The predicted molar refractivity (Wildman–Crippen MR) is 50.0 cm³/mol. The first-order valence-electron chi connectivity index (χ1n) is 3.89. The van der Waals surface area contributed by atoms with E-state index in [4.69, 9.17) is 5.26 Å². The molecule has 0 aliphatic heterocycles. The molecule has 0 amide bonds. The van der Waals surface area contributed by atoms with Crippen molar-refractivity contribution < 1.29 is 9.53 Å². The SMILES string of the molecule is COC(=O)/C=C/c1ncccc1C#N. The molecular weight excluding hydrogens is 180 g/mol. The van der Waals surface area contributed by atoms with E-state index in [2.05, 4.69) is 9.72 Å². The van der Waals surface area contributed by atoms with Crippen LogP contribution in [0.1, 0.15) is 11.3 Å². The topological polar surface area (TPSA) is 63.0 Å². The molecule has 0 aliphatic rings. The normalized spacial score (nSPS) is 9.71. The molecule has 1 aromatic heterocycles. The van der Waals surface area contributed by atoms with Crippen molar-refractivity contribution in [2.45, 2.75) is 0 Å². The number of aromatic nitrogens is 1. The molecule has 0 saturated heterocycles. The van der Waals surface area contributed by atoms with Gasteiger partial charge in [-0.15, -0.1) is 0 Å². The molecular formula is C10H8N2O2. The molecule has 0 unspecified atom stereocenters. The summed E-state index contributed by atoms with van der Waals surface area (Å²) in [4.78, 5) is 14.7. The van der Waals surface area contributed by atoms with Crippen molar-refractivity contribution in [3.8, 4) is 6.07 Å². The van der Waals surface area contributed by atoms with Gasteiger partial charge in [-0.3, -0.25) is 4.98 Å². The first-order chi connectivity index (χ1) is 6.77. The number of carbonyl (C=O) groups is 1. The number of methoxy groups -OCH3 is 1. The molecule has 70 valence electrons. The van der Waals surface area contributed by atoms with E-state index in [1.165, 1.54) is 19.3 Å². The Morgan fingerprint density at radius 3 is 3.14 bits per heavy atom. The molecule has 0 spiro atoms. The van der Waals surface area contributed by atoms with Gasteiger partial charge in [-0.2, -0.15) is 5.26 Å². The van der Waals surface area contributed by atoms with E-state index in [1.54, 1.807) is 18.3 Å². The maximum atomic E-state index is 10.8. The summed E-state index contributed by atoms with van der Waals surface area (Å²) in [5, 5.41) is 8.70. The van der Waals surface area contributed by atoms with E-state index in [0.29, 0.717) is 11.3 Å². The zero-order valence-electron chi connectivity index (χ0n) is 7.60. The van der Waals surface area contributed by atoms with E-state index in [-0.39, 0.29) is 0 Å². The van der Waals surface area contributed by atoms with E-state index >= 15 is 0 Å². The zero-order chi connectivity index (χ0) is 10.4. The highest BCUT2D eigenvalue weighted by atomic mass is 16.5. The minimum absolute atomic E-state index is 0.424. The number of rotatable bonds is 2. The van der Waals surface area contributed by atoms with Crippen LogP contribution in [0, 0.1) is 11.3 Å². The van der Waals surface area contributed by atoms with Gasteiger partial charge in [0, 0.05) is 12.3 Å². The lowest BCUT2D eigenvalue weighted by atomic mass is 10.2. The summed E-state index contributed by atoms with van der Waals surface area (Å²) < 4.78 is 4.41. The van der Waals surface area contributed by atoms with E-state index in [1.807, 2.05) is 6.07 Å². The lowest BCUT2D eigenvalue weighted by molar-refractivity contribution is -0.134. The quantitative estimate of drug-likeness (QED) is 0.515. The third-order valence-electron chi connectivity index (χ3n) is 1.54. The van der Waals surface area contributed by atoms with Crippen LogP contribution in [0.25, 0.3) is 6.08 Å². The van der Waals surface area contributed by atoms with Gasteiger partial charge in [0.2, 0.25) is 0 Å². The molecule has 1 rings (SSSR count). The predicted octanol–water partition coefficient (Wildman–Crippen LogP) is 1.14. The van der Waals surface area contributed by atoms with Crippen LogP contribution in [-0.4, -0.2) is 18.1 Å². The molecule has 14 heavy (non-hydrogen) atoms. The number of nitriles is 1. The van der Waals surface area contributed by atoms with Gasteiger partial charge in [0.05, 0.1) is 18.4 Å². The Balaban J connectivity index is 2.92. The van der Waals surface area contributed by atoms with Crippen LogP contribution < -0.4 is 0 Å². The molecule has 0 fully saturated rings. The second kappa shape index (κ2) is 4.77. The van der Waals surface area contributed by atoms with Crippen LogP contribution in [0.15, 0.2) is 24.4 Å². The van der Waals surface area contributed by atoms with Gasteiger partial charge >= 0.3 is 5.97 Å².